The summed E-state index contributed by atoms with van der Waals surface area (Å²) in [6.45, 7) is 7.71. The number of nitrogens with one attached hydrogen (secondary N) is 1. The Labute approximate surface area is 150 Å². The van der Waals surface area contributed by atoms with Crippen LogP contribution in [-0.2, 0) is 14.8 Å². The van der Waals surface area contributed by atoms with Gasteiger partial charge in [0, 0.05) is 19.6 Å². The lowest BCUT2D eigenvalue weighted by Crippen LogP contribution is -2.30. The fourth-order valence-corrected chi connectivity index (χ4v) is 4.32. The van der Waals surface area contributed by atoms with E-state index in [0.29, 0.717) is 36.9 Å². The number of benzene rings is 1. The molecule has 0 spiro atoms. The van der Waals surface area contributed by atoms with Crippen LogP contribution >= 0.6 is 0 Å². The lowest BCUT2D eigenvalue weighted by atomic mass is 10.1. The minimum atomic E-state index is -3.43. The number of carbonyl (C=O) groups excluding carboxylic acids is 1. The molecule has 1 fully saturated rings. The lowest BCUT2D eigenvalue weighted by Gasteiger charge is -2.17. The summed E-state index contributed by atoms with van der Waals surface area (Å²) in [5.74, 6) is 0.891. The van der Waals surface area contributed by atoms with E-state index in [9.17, 15) is 13.2 Å². The van der Waals surface area contributed by atoms with Crippen LogP contribution in [-0.4, -0.2) is 44.9 Å². The van der Waals surface area contributed by atoms with Gasteiger partial charge in [-0.15, -0.1) is 0 Å². The van der Waals surface area contributed by atoms with Crippen molar-refractivity contribution in [3.8, 4) is 5.75 Å². The molecule has 0 unspecified atom stereocenters. The molecule has 1 aromatic rings. The molecule has 1 aliphatic heterocycles. The minimum Gasteiger partial charge on any atom is -0.484 e. The smallest absolute Gasteiger partial charge is 0.257 e. The molecule has 1 heterocycles. The van der Waals surface area contributed by atoms with E-state index in [1.807, 2.05) is 0 Å². The Bertz CT molecular complexity index is 695. The van der Waals surface area contributed by atoms with Gasteiger partial charge in [-0.3, -0.25) is 4.79 Å². The van der Waals surface area contributed by atoms with Crippen molar-refractivity contribution >= 4 is 15.9 Å². The number of sulfonamides is 1. The standard InChI is InChI=1S/C18H28N2O4S/c1-14(2)8-9-19-18(21)13-24-17-7-6-16(12-15(17)3)25(22,23)20-10-4-5-11-20/h6-7,12,14H,4-5,8-11,13H2,1-3H3,(H,19,21). The van der Waals surface area contributed by atoms with E-state index in [1.54, 1.807) is 25.1 Å². The Morgan fingerprint density at radius 2 is 1.96 bits per heavy atom. The molecule has 0 radical (unpaired) electrons. The van der Waals surface area contributed by atoms with Crippen LogP contribution in [0, 0.1) is 12.8 Å². The van der Waals surface area contributed by atoms with Crippen molar-refractivity contribution in [2.24, 2.45) is 5.92 Å². The molecular formula is C18H28N2O4S. The third-order valence-electron chi connectivity index (χ3n) is 4.25. The Morgan fingerprint density at radius 3 is 2.56 bits per heavy atom. The molecule has 140 valence electrons. The van der Waals surface area contributed by atoms with Gasteiger partial charge in [-0.25, -0.2) is 8.42 Å². The maximum absolute atomic E-state index is 12.6. The van der Waals surface area contributed by atoms with Gasteiger partial charge in [0.2, 0.25) is 10.0 Å². The van der Waals surface area contributed by atoms with Crippen LogP contribution in [0.2, 0.25) is 0 Å². The fraction of sp³-hybridized carbons (Fsp3) is 0.611. The summed E-state index contributed by atoms with van der Waals surface area (Å²) in [5, 5.41) is 2.81. The molecule has 25 heavy (non-hydrogen) atoms. The first kappa shape index (κ1) is 19.7. The second kappa shape index (κ2) is 8.67. The highest BCUT2D eigenvalue weighted by Crippen LogP contribution is 2.26. The zero-order valence-electron chi connectivity index (χ0n) is 15.2. The van der Waals surface area contributed by atoms with Crippen molar-refractivity contribution in [1.29, 1.82) is 0 Å². The van der Waals surface area contributed by atoms with Crippen molar-refractivity contribution < 1.29 is 17.9 Å². The lowest BCUT2D eigenvalue weighted by molar-refractivity contribution is -0.123. The highest BCUT2D eigenvalue weighted by Gasteiger charge is 2.27. The van der Waals surface area contributed by atoms with E-state index >= 15 is 0 Å². The number of rotatable bonds is 8. The zero-order chi connectivity index (χ0) is 18.4. The molecule has 0 atom stereocenters. The van der Waals surface area contributed by atoms with Crippen molar-refractivity contribution in [3.63, 3.8) is 0 Å². The number of ether oxygens (including phenoxy) is 1. The molecule has 1 amide bonds. The molecule has 1 N–H and O–H groups in total. The van der Waals surface area contributed by atoms with Crippen LogP contribution in [0.25, 0.3) is 0 Å². The summed E-state index contributed by atoms with van der Waals surface area (Å²) in [5.41, 5.74) is 0.704. The summed E-state index contributed by atoms with van der Waals surface area (Å²) in [4.78, 5) is 12.0. The van der Waals surface area contributed by atoms with E-state index in [0.717, 1.165) is 19.3 Å². The number of nitrogens with zero attached hydrogens (tertiary/aromatic N) is 1. The fourth-order valence-electron chi connectivity index (χ4n) is 2.72. The topological polar surface area (TPSA) is 75.7 Å². The number of aryl methyl sites for hydroxylation is 1. The minimum absolute atomic E-state index is 0.0723. The van der Waals surface area contributed by atoms with Gasteiger partial charge in [0.05, 0.1) is 4.90 Å². The number of hydrogen-bond acceptors (Lipinski definition) is 4. The van der Waals surface area contributed by atoms with Crippen LogP contribution in [0.5, 0.6) is 5.75 Å². The predicted octanol–water partition coefficient (Wildman–Crippen LogP) is 2.32. The molecule has 1 saturated heterocycles. The Balaban J connectivity index is 1.94. The quantitative estimate of drug-likeness (QED) is 0.764. The van der Waals surface area contributed by atoms with Crippen LogP contribution in [0.4, 0.5) is 0 Å². The predicted molar refractivity (Wildman–Crippen MR) is 97.1 cm³/mol. The van der Waals surface area contributed by atoms with Crippen molar-refractivity contribution in [2.45, 2.75) is 44.9 Å². The monoisotopic (exact) mass is 368 g/mol. The Morgan fingerprint density at radius 1 is 1.28 bits per heavy atom. The normalized spacial score (nSPS) is 15.5. The number of hydrogen-bond donors (Lipinski definition) is 1. The van der Waals surface area contributed by atoms with Gasteiger partial charge in [-0.1, -0.05) is 13.8 Å². The average molecular weight is 368 g/mol. The first-order chi connectivity index (χ1) is 11.8. The van der Waals surface area contributed by atoms with Gasteiger partial charge in [0.15, 0.2) is 6.61 Å². The maximum atomic E-state index is 12.6. The van der Waals surface area contributed by atoms with E-state index < -0.39 is 10.0 Å². The SMILES string of the molecule is Cc1cc(S(=O)(=O)N2CCCC2)ccc1OCC(=O)NCCC(C)C. The van der Waals surface area contributed by atoms with Crippen molar-refractivity contribution in [1.82, 2.24) is 9.62 Å². The van der Waals surface area contributed by atoms with Gasteiger partial charge in [0.25, 0.3) is 5.91 Å². The molecule has 6 nitrogen and oxygen atoms in total. The summed E-state index contributed by atoms with van der Waals surface area (Å²) in [6, 6.07) is 4.78. The third-order valence-corrected chi connectivity index (χ3v) is 6.15. The van der Waals surface area contributed by atoms with Gasteiger partial charge in [-0.2, -0.15) is 4.31 Å². The van der Waals surface area contributed by atoms with E-state index in [-0.39, 0.29) is 17.4 Å². The first-order valence-electron chi connectivity index (χ1n) is 8.81. The van der Waals surface area contributed by atoms with Crippen LogP contribution < -0.4 is 10.1 Å². The molecule has 7 heteroatoms. The zero-order valence-corrected chi connectivity index (χ0v) is 16.1. The van der Waals surface area contributed by atoms with Crippen LogP contribution in [0.1, 0.15) is 38.7 Å². The molecule has 1 aliphatic rings. The molecule has 2 rings (SSSR count). The van der Waals surface area contributed by atoms with Gasteiger partial charge >= 0.3 is 0 Å². The largest absolute Gasteiger partial charge is 0.484 e. The Kier molecular flexibility index (Phi) is 6.84. The highest BCUT2D eigenvalue weighted by atomic mass is 32.2. The number of carbonyl (C=O) groups is 1. The second-order valence-corrected chi connectivity index (χ2v) is 8.80. The summed E-state index contributed by atoms with van der Waals surface area (Å²) >= 11 is 0. The van der Waals surface area contributed by atoms with Gasteiger partial charge in [-0.05, 0) is 55.9 Å². The third kappa shape index (κ3) is 5.44. The molecule has 0 saturated carbocycles. The van der Waals surface area contributed by atoms with E-state index in [2.05, 4.69) is 19.2 Å². The Hall–Kier alpha value is -1.60. The molecule has 0 aliphatic carbocycles. The summed E-state index contributed by atoms with van der Waals surface area (Å²) in [7, 11) is -3.43. The van der Waals surface area contributed by atoms with Gasteiger partial charge in [0.1, 0.15) is 5.75 Å². The van der Waals surface area contributed by atoms with E-state index in [1.165, 1.54) is 4.31 Å². The molecular weight excluding hydrogens is 340 g/mol. The average Bonchev–Trinajstić information content (AvgIpc) is 3.08. The molecule has 0 bridgehead atoms. The van der Waals surface area contributed by atoms with E-state index in [4.69, 9.17) is 4.74 Å². The van der Waals surface area contributed by atoms with Crippen molar-refractivity contribution in [2.75, 3.05) is 26.2 Å². The second-order valence-electron chi connectivity index (χ2n) is 6.86. The van der Waals surface area contributed by atoms with Crippen LogP contribution in [0.15, 0.2) is 23.1 Å². The van der Waals surface area contributed by atoms with Crippen molar-refractivity contribution in [3.05, 3.63) is 23.8 Å². The molecule has 0 aromatic heterocycles. The van der Waals surface area contributed by atoms with Gasteiger partial charge < -0.3 is 10.1 Å². The van der Waals surface area contributed by atoms with Crippen LogP contribution in [0.3, 0.4) is 0 Å². The maximum Gasteiger partial charge on any atom is 0.257 e. The highest BCUT2D eigenvalue weighted by molar-refractivity contribution is 7.89. The number of amides is 1. The first-order valence-corrected chi connectivity index (χ1v) is 10.2. The molecule has 1 aromatic carbocycles. The summed E-state index contributed by atoms with van der Waals surface area (Å²) < 4.78 is 32.2. The summed E-state index contributed by atoms with van der Waals surface area (Å²) in [6.07, 6.45) is 2.74.